The van der Waals surface area contributed by atoms with Gasteiger partial charge in [0.05, 0.1) is 12.6 Å². The Morgan fingerprint density at radius 1 is 0.879 bits per heavy atom. The molecule has 0 saturated carbocycles. The summed E-state index contributed by atoms with van der Waals surface area (Å²) in [5, 5.41) is 1.13. The lowest BCUT2D eigenvalue weighted by molar-refractivity contribution is 0.0746. The van der Waals surface area contributed by atoms with Crippen LogP contribution in [0, 0.1) is 6.92 Å². The number of carbonyl (C=O) groups excluding carboxylic acids is 1. The van der Waals surface area contributed by atoms with E-state index in [1.54, 1.807) is 13.2 Å². The maximum absolute atomic E-state index is 12.9. The summed E-state index contributed by atoms with van der Waals surface area (Å²) in [5.74, 6) is 1.70. The van der Waals surface area contributed by atoms with Crippen LogP contribution in [0.15, 0.2) is 78.9 Å². The molecule has 0 spiro atoms. The maximum atomic E-state index is 12.9. The van der Waals surface area contributed by atoms with Gasteiger partial charge in [-0.1, -0.05) is 54.1 Å². The van der Waals surface area contributed by atoms with Crippen LogP contribution in [0.4, 0.5) is 5.82 Å². The number of aryl methyl sites for hydroxylation is 1. The van der Waals surface area contributed by atoms with Gasteiger partial charge in [0.2, 0.25) is 0 Å². The van der Waals surface area contributed by atoms with Gasteiger partial charge < -0.3 is 14.5 Å². The molecule has 166 valence electrons. The third kappa shape index (κ3) is 4.27. The number of amides is 1. The van der Waals surface area contributed by atoms with Crippen LogP contribution in [-0.4, -0.2) is 49.1 Å². The number of rotatable bonds is 4. The summed E-state index contributed by atoms with van der Waals surface area (Å²) < 4.78 is 5.26. The van der Waals surface area contributed by atoms with Crippen molar-refractivity contribution in [2.24, 2.45) is 0 Å². The Morgan fingerprint density at radius 3 is 2.39 bits per heavy atom. The van der Waals surface area contributed by atoms with E-state index in [1.807, 2.05) is 23.1 Å². The Labute approximate surface area is 194 Å². The molecule has 1 aliphatic heterocycles. The SMILES string of the molecule is COc1cccc(C(=O)N2CCN(c3ccc4cccc(-c5ccc(C)cc5)c4n3)CC2)c1. The lowest BCUT2D eigenvalue weighted by Crippen LogP contribution is -2.49. The first-order chi connectivity index (χ1) is 16.1. The van der Waals surface area contributed by atoms with Crippen LogP contribution in [0.1, 0.15) is 15.9 Å². The largest absolute Gasteiger partial charge is 0.497 e. The van der Waals surface area contributed by atoms with Crippen molar-refractivity contribution in [1.82, 2.24) is 9.88 Å². The fourth-order valence-corrected chi connectivity index (χ4v) is 4.36. The average Bonchev–Trinajstić information content (AvgIpc) is 2.88. The highest BCUT2D eigenvalue weighted by Gasteiger charge is 2.23. The first kappa shape index (κ1) is 21.0. The molecule has 1 aromatic heterocycles. The molecule has 1 aliphatic rings. The molecule has 5 rings (SSSR count). The number of methoxy groups -OCH3 is 1. The fourth-order valence-electron chi connectivity index (χ4n) is 4.36. The first-order valence-electron chi connectivity index (χ1n) is 11.3. The molecule has 0 unspecified atom stereocenters. The highest BCUT2D eigenvalue weighted by Crippen LogP contribution is 2.29. The normalized spacial score (nSPS) is 13.9. The van der Waals surface area contributed by atoms with Crippen molar-refractivity contribution >= 4 is 22.6 Å². The van der Waals surface area contributed by atoms with Crippen molar-refractivity contribution < 1.29 is 9.53 Å². The minimum Gasteiger partial charge on any atom is -0.497 e. The molecule has 1 fully saturated rings. The quantitative estimate of drug-likeness (QED) is 0.441. The number of carbonyl (C=O) groups is 1. The number of aromatic nitrogens is 1. The van der Waals surface area contributed by atoms with Gasteiger partial charge in [-0.05, 0) is 42.8 Å². The summed E-state index contributed by atoms with van der Waals surface area (Å²) in [6.45, 7) is 4.93. The molecular formula is C28H27N3O2. The molecule has 3 aromatic carbocycles. The Hall–Kier alpha value is -3.86. The summed E-state index contributed by atoms with van der Waals surface area (Å²) in [6, 6.07) is 26.5. The van der Waals surface area contributed by atoms with Crippen molar-refractivity contribution in [3.63, 3.8) is 0 Å². The molecule has 33 heavy (non-hydrogen) atoms. The standard InChI is InChI=1S/C28H27N3O2/c1-20-9-11-21(12-10-20)25-8-4-5-22-13-14-26(29-27(22)25)30-15-17-31(18-16-30)28(32)23-6-3-7-24(19-23)33-2/h3-14,19H,15-18H2,1-2H3. The van der Waals surface area contributed by atoms with Gasteiger partial charge in [0, 0.05) is 42.7 Å². The zero-order chi connectivity index (χ0) is 22.8. The van der Waals surface area contributed by atoms with Gasteiger partial charge in [-0.15, -0.1) is 0 Å². The molecule has 0 aliphatic carbocycles. The number of ether oxygens (including phenoxy) is 1. The average molecular weight is 438 g/mol. The number of pyridine rings is 1. The highest BCUT2D eigenvalue weighted by molar-refractivity contribution is 5.95. The monoisotopic (exact) mass is 437 g/mol. The Bertz CT molecular complexity index is 1290. The predicted octanol–water partition coefficient (Wildman–Crippen LogP) is 5.18. The van der Waals surface area contributed by atoms with Crippen molar-refractivity contribution in [3.05, 3.63) is 90.0 Å². The number of hydrogen-bond donors (Lipinski definition) is 0. The smallest absolute Gasteiger partial charge is 0.254 e. The van der Waals surface area contributed by atoms with Crippen LogP contribution in [0.5, 0.6) is 5.75 Å². The van der Waals surface area contributed by atoms with Gasteiger partial charge in [0.1, 0.15) is 11.6 Å². The van der Waals surface area contributed by atoms with Crippen LogP contribution in [-0.2, 0) is 0 Å². The lowest BCUT2D eigenvalue weighted by Gasteiger charge is -2.35. The number of piperazine rings is 1. The van der Waals surface area contributed by atoms with E-state index in [9.17, 15) is 4.79 Å². The van der Waals surface area contributed by atoms with E-state index >= 15 is 0 Å². The molecule has 2 heterocycles. The van der Waals surface area contributed by atoms with Crippen molar-refractivity contribution in [2.75, 3.05) is 38.2 Å². The minimum absolute atomic E-state index is 0.0432. The summed E-state index contributed by atoms with van der Waals surface area (Å²) in [7, 11) is 1.61. The summed E-state index contributed by atoms with van der Waals surface area (Å²) in [6.07, 6.45) is 0. The topological polar surface area (TPSA) is 45.7 Å². The van der Waals surface area contributed by atoms with Crippen LogP contribution in [0.25, 0.3) is 22.0 Å². The van der Waals surface area contributed by atoms with Crippen LogP contribution in [0.2, 0.25) is 0 Å². The molecule has 1 amide bonds. The van der Waals surface area contributed by atoms with Crippen molar-refractivity contribution in [2.45, 2.75) is 6.92 Å². The maximum Gasteiger partial charge on any atom is 0.254 e. The van der Waals surface area contributed by atoms with E-state index in [4.69, 9.17) is 9.72 Å². The highest BCUT2D eigenvalue weighted by atomic mass is 16.5. The number of anilines is 1. The summed E-state index contributed by atoms with van der Waals surface area (Å²) in [5.41, 5.74) is 5.22. The van der Waals surface area contributed by atoms with Crippen molar-refractivity contribution in [3.8, 4) is 16.9 Å². The second-order valence-corrected chi connectivity index (χ2v) is 8.42. The summed E-state index contributed by atoms with van der Waals surface area (Å²) in [4.78, 5) is 22.2. The van der Waals surface area contributed by atoms with Gasteiger partial charge >= 0.3 is 0 Å². The number of fused-ring (bicyclic) bond motifs is 1. The van der Waals surface area contributed by atoms with E-state index in [1.165, 1.54) is 11.1 Å². The van der Waals surface area contributed by atoms with Gasteiger partial charge in [0.15, 0.2) is 0 Å². The van der Waals surface area contributed by atoms with Gasteiger partial charge in [0.25, 0.3) is 5.91 Å². The van der Waals surface area contributed by atoms with Crippen LogP contribution < -0.4 is 9.64 Å². The second kappa shape index (κ2) is 8.94. The van der Waals surface area contributed by atoms with Crippen LogP contribution in [0.3, 0.4) is 0 Å². The predicted molar refractivity (Wildman–Crippen MR) is 133 cm³/mol. The number of benzene rings is 3. The van der Waals surface area contributed by atoms with E-state index in [2.05, 4.69) is 66.4 Å². The molecular weight excluding hydrogens is 410 g/mol. The Morgan fingerprint density at radius 2 is 1.64 bits per heavy atom. The number of hydrogen-bond acceptors (Lipinski definition) is 4. The Kier molecular flexibility index (Phi) is 5.69. The minimum atomic E-state index is 0.0432. The van der Waals surface area contributed by atoms with Crippen molar-refractivity contribution in [1.29, 1.82) is 0 Å². The molecule has 0 atom stereocenters. The first-order valence-corrected chi connectivity index (χ1v) is 11.3. The third-order valence-corrected chi connectivity index (χ3v) is 6.28. The zero-order valence-electron chi connectivity index (χ0n) is 19.0. The molecule has 1 saturated heterocycles. The Balaban J connectivity index is 1.36. The molecule has 0 N–H and O–H groups in total. The molecule has 5 nitrogen and oxygen atoms in total. The summed E-state index contributed by atoms with van der Waals surface area (Å²) >= 11 is 0. The fraction of sp³-hybridized carbons (Fsp3) is 0.214. The molecule has 4 aromatic rings. The van der Waals surface area contributed by atoms with Gasteiger partial charge in [-0.2, -0.15) is 0 Å². The molecule has 0 radical (unpaired) electrons. The lowest BCUT2D eigenvalue weighted by atomic mass is 10.0. The van der Waals surface area contributed by atoms with E-state index in [0.717, 1.165) is 35.4 Å². The molecule has 0 bridgehead atoms. The van der Waals surface area contributed by atoms with Gasteiger partial charge in [-0.3, -0.25) is 4.79 Å². The zero-order valence-corrected chi connectivity index (χ0v) is 19.0. The molecule has 5 heteroatoms. The number of para-hydroxylation sites is 1. The third-order valence-electron chi connectivity index (χ3n) is 6.28. The van der Waals surface area contributed by atoms with Crippen LogP contribution >= 0.6 is 0 Å². The van der Waals surface area contributed by atoms with E-state index < -0.39 is 0 Å². The number of nitrogens with zero attached hydrogens (tertiary/aromatic N) is 3. The van der Waals surface area contributed by atoms with E-state index in [0.29, 0.717) is 24.4 Å². The van der Waals surface area contributed by atoms with E-state index in [-0.39, 0.29) is 5.91 Å². The van der Waals surface area contributed by atoms with Gasteiger partial charge in [-0.25, -0.2) is 4.98 Å². The second-order valence-electron chi connectivity index (χ2n) is 8.42.